The predicted octanol–water partition coefficient (Wildman–Crippen LogP) is 2.08. The Kier molecular flexibility index (Phi) is 6.08. The molecule has 0 aliphatic carbocycles. The summed E-state index contributed by atoms with van der Waals surface area (Å²) in [6.45, 7) is 1.54. The summed E-state index contributed by atoms with van der Waals surface area (Å²) in [7, 11) is 1.28. The van der Waals surface area contributed by atoms with Crippen LogP contribution in [0.1, 0.15) is 6.92 Å². The predicted molar refractivity (Wildman–Crippen MR) is 74.6 cm³/mol. The highest BCUT2D eigenvalue weighted by molar-refractivity contribution is 6.39. The van der Waals surface area contributed by atoms with Crippen LogP contribution >= 0.6 is 23.2 Å². The monoisotopic (exact) mass is 304 g/mol. The molecule has 104 valence electrons. The van der Waals surface area contributed by atoms with E-state index in [0.29, 0.717) is 15.7 Å². The summed E-state index contributed by atoms with van der Waals surface area (Å²) in [5.74, 6) is -0.797. The molecule has 0 saturated carbocycles. The third kappa shape index (κ3) is 4.70. The summed E-state index contributed by atoms with van der Waals surface area (Å²) in [6, 6.07) is 4.34. The Bertz CT molecular complexity index is 460. The number of carbonyl (C=O) groups excluding carboxylic acids is 2. The van der Waals surface area contributed by atoms with Crippen molar-refractivity contribution in [1.29, 1.82) is 0 Å². The normalized spacial score (nSPS) is 11.8. The van der Waals surface area contributed by atoms with Gasteiger partial charge in [-0.3, -0.25) is 14.9 Å². The number of hydrogen-bond donors (Lipinski definition) is 2. The molecule has 1 unspecified atom stereocenters. The lowest BCUT2D eigenvalue weighted by atomic mass is 10.3. The number of amides is 1. The number of hydrogen-bond acceptors (Lipinski definition) is 4. The van der Waals surface area contributed by atoms with Gasteiger partial charge < -0.3 is 10.1 Å². The number of para-hydroxylation sites is 1. The SMILES string of the molecule is COC(=O)C(C)NCC(=O)Nc1c(Cl)cccc1Cl. The van der Waals surface area contributed by atoms with Gasteiger partial charge in [-0.15, -0.1) is 0 Å². The molecule has 0 spiro atoms. The smallest absolute Gasteiger partial charge is 0.322 e. The molecule has 1 aromatic carbocycles. The fourth-order valence-corrected chi connectivity index (χ4v) is 1.80. The second-order valence-corrected chi connectivity index (χ2v) is 4.58. The van der Waals surface area contributed by atoms with Gasteiger partial charge in [-0.1, -0.05) is 29.3 Å². The summed E-state index contributed by atoms with van der Waals surface area (Å²) < 4.78 is 4.53. The largest absolute Gasteiger partial charge is 0.468 e. The van der Waals surface area contributed by atoms with E-state index in [-0.39, 0.29) is 12.5 Å². The van der Waals surface area contributed by atoms with Crippen LogP contribution < -0.4 is 10.6 Å². The molecule has 1 rings (SSSR count). The quantitative estimate of drug-likeness (QED) is 0.817. The number of rotatable bonds is 5. The molecule has 0 saturated heterocycles. The van der Waals surface area contributed by atoms with Crippen molar-refractivity contribution in [2.24, 2.45) is 0 Å². The number of halogens is 2. The molecule has 1 atom stereocenters. The average molecular weight is 305 g/mol. The van der Waals surface area contributed by atoms with Crippen molar-refractivity contribution >= 4 is 40.8 Å². The van der Waals surface area contributed by atoms with Gasteiger partial charge in [-0.05, 0) is 19.1 Å². The third-order valence-corrected chi connectivity index (χ3v) is 2.98. The van der Waals surface area contributed by atoms with Crippen molar-refractivity contribution in [2.45, 2.75) is 13.0 Å². The van der Waals surface area contributed by atoms with Gasteiger partial charge in [0.25, 0.3) is 0 Å². The van der Waals surface area contributed by atoms with Crippen molar-refractivity contribution in [3.05, 3.63) is 28.2 Å². The average Bonchev–Trinajstić information content (AvgIpc) is 2.39. The first-order valence-corrected chi connectivity index (χ1v) is 6.26. The molecule has 0 aromatic heterocycles. The molecule has 5 nitrogen and oxygen atoms in total. The Labute approximate surface area is 121 Å². The number of benzene rings is 1. The van der Waals surface area contributed by atoms with Crippen LogP contribution in [0.3, 0.4) is 0 Å². The number of ether oxygens (including phenoxy) is 1. The van der Waals surface area contributed by atoms with E-state index < -0.39 is 12.0 Å². The Morgan fingerprint density at radius 3 is 2.42 bits per heavy atom. The first-order valence-electron chi connectivity index (χ1n) is 5.50. The van der Waals surface area contributed by atoms with Gasteiger partial charge in [-0.2, -0.15) is 0 Å². The minimum absolute atomic E-state index is 0.0577. The van der Waals surface area contributed by atoms with E-state index in [1.54, 1.807) is 25.1 Å². The van der Waals surface area contributed by atoms with E-state index >= 15 is 0 Å². The maximum Gasteiger partial charge on any atom is 0.322 e. The molecule has 1 aromatic rings. The van der Waals surface area contributed by atoms with Crippen molar-refractivity contribution in [3.63, 3.8) is 0 Å². The Morgan fingerprint density at radius 2 is 1.89 bits per heavy atom. The maximum absolute atomic E-state index is 11.7. The Hall–Kier alpha value is -1.30. The number of nitrogens with one attached hydrogen (secondary N) is 2. The molecule has 0 fully saturated rings. The molecular formula is C12H14Cl2N2O3. The first kappa shape index (κ1) is 15.8. The molecule has 2 N–H and O–H groups in total. The molecule has 7 heteroatoms. The molecule has 19 heavy (non-hydrogen) atoms. The zero-order chi connectivity index (χ0) is 14.4. The number of esters is 1. The molecular weight excluding hydrogens is 291 g/mol. The molecule has 0 aliphatic rings. The van der Waals surface area contributed by atoms with Crippen LogP contribution in [0.5, 0.6) is 0 Å². The van der Waals surface area contributed by atoms with Gasteiger partial charge in [-0.25, -0.2) is 0 Å². The topological polar surface area (TPSA) is 67.4 Å². The first-order chi connectivity index (χ1) is 8.95. The highest BCUT2D eigenvalue weighted by atomic mass is 35.5. The van der Waals surface area contributed by atoms with Crippen LogP contribution in [0.4, 0.5) is 5.69 Å². The lowest BCUT2D eigenvalue weighted by molar-refractivity contribution is -0.142. The van der Waals surface area contributed by atoms with E-state index in [1.165, 1.54) is 7.11 Å². The molecule has 0 radical (unpaired) electrons. The third-order valence-electron chi connectivity index (χ3n) is 2.35. The van der Waals surface area contributed by atoms with E-state index in [9.17, 15) is 9.59 Å². The Morgan fingerprint density at radius 1 is 1.32 bits per heavy atom. The van der Waals surface area contributed by atoms with Gasteiger partial charge in [0.05, 0.1) is 29.4 Å². The lowest BCUT2D eigenvalue weighted by Gasteiger charge is -2.12. The van der Waals surface area contributed by atoms with Crippen LogP contribution in [-0.2, 0) is 14.3 Å². The van der Waals surface area contributed by atoms with Gasteiger partial charge in [0.1, 0.15) is 6.04 Å². The van der Waals surface area contributed by atoms with E-state index in [0.717, 1.165) is 0 Å². The van der Waals surface area contributed by atoms with Gasteiger partial charge in [0.15, 0.2) is 0 Å². The van der Waals surface area contributed by atoms with Gasteiger partial charge >= 0.3 is 5.97 Å². The van der Waals surface area contributed by atoms with Crippen LogP contribution in [-0.4, -0.2) is 31.6 Å². The van der Waals surface area contributed by atoms with Crippen molar-refractivity contribution in [3.8, 4) is 0 Å². The van der Waals surface area contributed by atoms with Crippen molar-refractivity contribution in [2.75, 3.05) is 19.0 Å². The maximum atomic E-state index is 11.7. The van der Waals surface area contributed by atoms with Crippen molar-refractivity contribution in [1.82, 2.24) is 5.32 Å². The minimum Gasteiger partial charge on any atom is -0.468 e. The molecule has 1 amide bonds. The minimum atomic E-state index is -0.572. The van der Waals surface area contributed by atoms with Gasteiger partial charge in [0, 0.05) is 0 Å². The Balaban J connectivity index is 2.54. The number of anilines is 1. The summed E-state index contributed by atoms with van der Waals surface area (Å²) in [5, 5.41) is 5.99. The molecule has 0 aliphatic heterocycles. The fourth-order valence-electron chi connectivity index (χ4n) is 1.31. The van der Waals surface area contributed by atoms with Gasteiger partial charge in [0.2, 0.25) is 5.91 Å². The van der Waals surface area contributed by atoms with E-state index in [1.807, 2.05) is 0 Å². The van der Waals surface area contributed by atoms with Crippen LogP contribution in [0.15, 0.2) is 18.2 Å². The lowest BCUT2D eigenvalue weighted by Crippen LogP contribution is -2.39. The molecule has 0 bridgehead atoms. The summed E-state index contributed by atoms with van der Waals surface area (Å²) in [6.07, 6.45) is 0. The summed E-state index contributed by atoms with van der Waals surface area (Å²) >= 11 is 11.8. The highest BCUT2D eigenvalue weighted by Gasteiger charge is 2.15. The van der Waals surface area contributed by atoms with E-state index in [2.05, 4.69) is 15.4 Å². The second-order valence-electron chi connectivity index (χ2n) is 3.77. The molecule has 0 heterocycles. The number of methoxy groups -OCH3 is 1. The summed E-state index contributed by atoms with van der Waals surface area (Å²) in [5.41, 5.74) is 0.350. The summed E-state index contributed by atoms with van der Waals surface area (Å²) in [4.78, 5) is 22.8. The zero-order valence-corrected chi connectivity index (χ0v) is 12.0. The number of carbonyl (C=O) groups is 2. The van der Waals surface area contributed by atoms with Crippen LogP contribution in [0.2, 0.25) is 10.0 Å². The second kappa shape index (κ2) is 7.33. The van der Waals surface area contributed by atoms with Crippen LogP contribution in [0, 0.1) is 0 Å². The van der Waals surface area contributed by atoms with Crippen molar-refractivity contribution < 1.29 is 14.3 Å². The fraction of sp³-hybridized carbons (Fsp3) is 0.333. The van der Waals surface area contributed by atoms with E-state index in [4.69, 9.17) is 23.2 Å². The zero-order valence-electron chi connectivity index (χ0n) is 10.5. The standard InChI is InChI=1S/C12H14Cl2N2O3/c1-7(12(18)19-2)15-6-10(17)16-11-8(13)4-3-5-9(11)14/h3-5,7,15H,6H2,1-2H3,(H,16,17). The van der Waals surface area contributed by atoms with Crippen LogP contribution in [0.25, 0.3) is 0 Å². The highest BCUT2D eigenvalue weighted by Crippen LogP contribution is 2.29.